The summed E-state index contributed by atoms with van der Waals surface area (Å²) in [4.78, 5) is 33.5. The molecule has 0 amide bonds. The maximum Gasteiger partial charge on any atom is 0.337 e. The Hall–Kier alpha value is -2.54. The van der Waals surface area contributed by atoms with Crippen molar-refractivity contribution in [1.82, 2.24) is 9.97 Å². The highest BCUT2D eigenvalue weighted by atomic mass is 32.2. The summed E-state index contributed by atoms with van der Waals surface area (Å²) in [7, 11) is 0. The van der Waals surface area contributed by atoms with E-state index in [1.165, 1.54) is 11.8 Å². The van der Waals surface area contributed by atoms with Crippen molar-refractivity contribution >= 4 is 23.5 Å². The number of aromatic nitrogens is 2. The number of carbonyl (C=O) groups excluding carboxylic acids is 1. The molecule has 2 N–H and O–H groups in total. The molecule has 0 saturated carbocycles. The zero-order valence-electron chi connectivity index (χ0n) is 17.2. The monoisotopic (exact) mass is 413 g/mol. The van der Waals surface area contributed by atoms with Gasteiger partial charge in [-0.1, -0.05) is 55.4 Å². The number of fused-ring (bicyclic) bond motifs is 1. The van der Waals surface area contributed by atoms with E-state index in [1.54, 1.807) is 0 Å². The fraction of sp³-hybridized carbons (Fsp3) is 0.409. The van der Waals surface area contributed by atoms with Crippen LogP contribution in [-0.4, -0.2) is 27.8 Å². The molecule has 1 aromatic heterocycles. The Labute approximate surface area is 175 Å². The van der Waals surface area contributed by atoms with E-state index in [0.717, 1.165) is 24.2 Å². The molecule has 2 heterocycles. The summed E-state index contributed by atoms with van der Waals surface area (Å²) < 4.78 is 5.48. The fourth-order valence-electron chi connectivity index (χ4n) is 3.34. The van der Waals surface area contributed by atoms with Crippen molar-refractivity contribution in [3.05, 3.63) is 63.1 Å². The van der Waals surface area contributed by atoms with Crippen LogP contribution in [0.1, 0.15) is 57.6 Å². The summed E-state index contributed by atoms with van der Waals surface area (Å²) in [6.07, 6.45) is 1.88. The van der Waals surface area contributed by atoms with Crippen LogP contribution in [0.3, 0.4) is 0 Å². The van der Waals surface area contributed by atoms with Crippen LogP contribution >= 0.6 is 11.8 Å². The zero-order chi connectivity index (χ0) is 21.0. The predicted octanol–water partition coefficient (Wildman–Crippen LogP) is 4.45. The predicted molar refractivity (Wildman–Crippen MR) is 116 cm³/mol. The lowest BCUT2D eigenvalue weighted by Gasteiger charge is -2.29. The topological polar surface area (TPSA) is 84.1 Å². The Bertz CT molecular complexity index is 967. The van der Waals surface area contributed by atoms with Crippen LogP contribution in [0, 0.1) is 0 Å². The van der Waals surface area contributed by atoms with Crippen molar-refractivity contribution in [3.8, 4) is 0 Å². The van der Waals surface area contributed by atoms with Crippen molar-refractivity contribution in [2.45, 2.75) is 57.7 Å². The van der Waals surface area contributed by atoms with Gasteiger partial charge in [0.25, 0.3) is 5.56 Å². The number of aromatic amines is 1. The van der Waals surface area contributed by atoms with Crippen LogP contribution in [0.2, 0.25) is 0 Å². The summed E-state index contributed by atoms with van der Waals surface area (Å²) in [5.41, 5.74) is 2.15. The number of unbranched alkanes of at least 4 members (excludes halogenated alkanes) is 1. The van der Waals surface area contributed by atoms with E-state index >= 15 is 0 Å². The van der Waals surface area contributed by atoms with Gasteiger partial charge in [0.05, 0.1) is 23.2 Å². The van der Waals surface area contributed by atoms with Gasteiger partial charge in [0, 0.05) is 11.4 Å². The smallest absolute Gasteiger partial charge is 0.337 e. The van der Waals surface area contributed by atoms with Crippen LogP contribution in [0.4, 0.5) is 5.82 Å². The van der Waals surface area contributed by atoms with Crippen LogP contribution in [-0.2, 0) is 9.53 Å². The van der Waals surface area contributed by atoms with Gasteiger partial charge in [0.2, 0.25) is 0 Å². The van der Waals surface area contributed by atoms with E-state index in [1.807, 2.05) is 51.1 Å². The Morgan fingerprint density at radius 3 is 2.66 bits per heavy atom. The first-order chi connectivity index (χ1) is 13.9. The van der Waals surface area contributed by atoms with Crippen LogP contribution < -0.4 is 10.9 Å². The molecule has 0 aliphatic carbocycles. The Morgan fingerprint density at radius 1 is 1.28 bits per heavy atom. The van der Waals surface area contributed by atoms with Gasteiger partial charge < -0.3 is 15.0 Å². The lowest BCUT2D eigenvalue weighted by molar-refractivity contribution is -0.143. The molecule has 0 saturated heterocycles. The van der Waals surface area contributed by atoms with Gasteiger partial charge in [-0.15, -0.1) is 0 Å². The normalized spacial score (nSPS) is 15.8. The number of rotatable bonds is 7. The maximum atomic E-state index is 13.1. The molecule has 1 aliphatic heterocycles. The van der Waals surface area contributed by atoms with Gasteiger partial charge in [-0.05, 0) is 32.8 Å². The molecule has 0 fully saturated rings. The number of ether oxygens (including phenoxy) is 1. The van der Waals surface area contributed by atoms with E-state index in [2.05, 4.69) is 22.2 Å². The molecule has 1 aliphatic rings. The number of allylic oxidation sites excluding steroid dienone is 1. The van der Waals surface area contributed by atoms with Gasteiger partial charge in [-0.3, -0.25) is 4.79 Å². The van der Waals surface area contributed by atoms with E-state index in [-0.39, 0.29) is 11.7 Å². The van der Waals surface area contributed by atoms with Gasteiger partial charge in [0.15, 0.2) is 5.16 Å². The Balaban J connectivity index is 2.11. The molecule has 3 rings (SSSR count). The molecular formula is C22H27N3O3S. The molecule has 6 nitrogen and oxygen atoms in total. The molecule has 154 valence electrons. The summed E-state index contributed by atoms with van der Waals surface area (Å²) in [5, 5.41) is 3.76. The number of hydrogen-bond acceptors (Lipinski definition) is 6. The Kier molecular flexibility index (Phi) is 6.79. The highest BCUT2D eigenvalue weighted by molar-refractivity contribution is 7.99. The molecule has 7 heteroatoms. The van der Waals surface area contributed by atoms with Gasteiger partial charge in [0.1, 0.15) is 5.82 Å². The SMILES string of the molecule is CCCCSc1nc2c(c(=O)[nH]1)[C@H](c1ccccc1)C(C(=O)OC(C)C)=C(C)N2. The molecule has 0 spiro atoms. The first kappa shape index (κ1) is 21.2. The molecule has 0 radical (unpaired) electrons. The number of esters is 1. The number of anilines is 1. The van der Waals surface area contributed by atoms with Crippen molar-refractivity contribution in [2.75, 3.05) is 11.1 Å². The second-order valence-electron chi connectivity index (χ2n) is 7.30. The lowest BCUT2D eigenvalue weighted by Crippen LogP contribution is -2.31. The molecule has 29 heavy (non-hydrogen) atoms. The van der Waals surface area contributed by atoms with Crippen LogP contribution in [0.5, 0.6) is 0 Å². The minimum Gasteiger partial charge on any atom is -0.460 e. The van der Waals surface area contributed by atoms with Crippen molar-refractivity contribution < 1.29 is 9.53 Å². The lowest BCUT2D eigenvalue weighted by atomic mass is 9.82. The zero-order valence-corrected chi connectivity index (χ0v) is 18.1. The third-order valence-corrected chi connectivity index (χ3v) is 5.61. The third kappa shape index (κ3) is 4.72. The number of nitrogens with zero attached hydrogens (tertiary/aromatic N) is 1. The minimum absolute atomic E-state index is 0.238. The van der Waals surface area contributed by atoms with Gasteiger partial charge in [-0.2, -0.15) is 0 Å². The number of H-pyrrole nitrogens is 1. The second kappa shape index (κ2) is 9.31. The summed E-state index contributed by atoms with van der Waals surface area (Å²) in [6.45, 7) is 7.57. The highest BCUT2D eigenvalue weighted by Gasteiger charge is 2.36. The fourth-order valence-corrected chi connectivity index (χ4v) is 4.29. The Morgan fingerprint density at radius 2 is 2.00 bits per heavy atom. The first-order valence-electron chi connectivity index (χ1n) is 9.93. The number of hydrogen-bond donors (Lipinski definition) is 2. The largest absolute Gasteiger partial charge is 0.460 e. The van der Waals surface area contributed by atoms with Gasteiger partial charge in [-0.25, -0.2) is 9.78 Å². The molecule has 1 aromatic carbocycles. The third-order valence-electron chi connectivity index (χ3n) is 4.65. The molecule has 0 bridgehead atoms. The quantitative estimate of drug-likeness (QED) is 0.302. The minimum atomic E-state index is -0.537. The van der Waals surface area contributed by atoms with Crippen molar-refractivity contribution in [1.29, 1.82) is 0 Å². The number of nitrogens with one attached hydrogen (secondary N) is 2. The standard InChI is InChI=1S/C22H27N3O3S/c1-5-6-12-29-22-24-19-18(20(26)25-22)17(15-10-8-7-9-11-15)16(14(4)23-19)21(27)28-13(2)3/h7-11,13,17H,5-6,12H2,1-4H3,(H2,23,24,25,26)/t17-/m1/s1. The highest BCUT2D eigenvalue weighted by Crippen LogP contribution is 2.40. The van der Waals surface area contributed by atoms with Crippen LogP contribution in [0.15, 0.2) is 51.6 Å². The number of carbonyl (C=O) groups is 1. The van der Waals surface area contributed by atoms with E-state index in [9.17, 15) is 9.59 Å². The van der Waals surface area contributed by atoms with Crippen molar-refractivity contribution in [2.24, 2.45) is 0 Å². The average Bonchev–Trinajstić information content (AvgIpc) is 2.67. The van der Waals surface area contributed by atoms with Crippen LogP contribution in [0.25, 0.3) is 0 Å². The summed E-state index contributed by atoms with van der Waals surface area (Å²) in [6, 6.07) is 9.53. The van der Waals surface area contributed by atoms with Gasteiger partial charge >= 0.3 is 5.97 Å². The van der Waals surface area contributed by atoms with E-state index in [0.29, 0.717) is 27.8 Å². The maximum absolute atomic E-state index is 13.1. The van der Waals surface area contributed by atoms with E-state index in [4.69, 9.17) is 4.74 Å². The van der Waals surface area contributed by atoms with E-state index < -0.39 is 11.9 Å². The molecule has 0 unspecified atom stereocenters. The molecule has 2 aromatic rings. The number of thioether (sulfide) groups is 1. The van der Waals surface area contributed by atoms with Crippen molar-refractivity contribution in [3.63, 3.8) is 0 Å². The summed E-state index contributed by atoms with van der Waals surface area (Å²) in [5.74, 6) is 0.427. The number of benzene rings is 1. The summed E-state index contributed by atoms with van der Waals surface area (Å²) >= 11 is 1.53. The first-order valence-corrected chi connectivity index (χ1v) is 10.9. The molecule has 1 atom stereocenters. The molecular weight excluding hydrogens is 386 g/mol. The average molecular weight is 414 g/mol. The second-order valence-corrected chi connectivity index (χ2v) is 8.38.